The molecule has 2 N–H and O–H groups in total. The summed E-state index contributed by atoms with van der Waals surface area (Å²) in [4.78, 5) is 27.5. The molecule has 22 heavy (non-hydrogen) atoms. The number of hydrogen-bond acceptors (Lipinski definition) is 3. The Kier molecular flexibility index (Phi) is 4.60. The Morgan fingerprint density at radius 3 is 2.59 bits per heavy atom. The molecule has 122 valence electrons. The van der Waals surface area contributed by atoms with Crippen LogP contribution >= 0.6 is 0 Å². The van der Waals surface area contributed by atoms with E-state index < -0.39 is 29.7 Å². The Morgan fingerprint density at radius 1 is 1.36 bits per heavy atom. The van der Waals surface area contributed by atoms with Crippen molar-refractivity contribution in [3.05, 3.63) is 33.7 Å². The summed E-state index contributed by atoms with van der Waals surface area (Å²) >= 11 is 0. The number of piperidine rings is 1. The number of carbonyl (C=O) groups excluding carboxylic acids is 1. The number of likely N-dealkylation sites (tertiary alicyclic amines) is 1. The van der Waals surface area contributed by atoms with E-state index in [2.05, 4.69) is 10.3 Å². The maximum Gasteiger partial charge on any atom is 0.404 e. The van der Waals surface area contributed by atoms with E-state index in [9.17, 15) is 22.8 Å². The number of likely N-dealkylation sites (N-methyl/N-ethyl adjacent to an activating group) is 1. The van der Waals surface area contributed by atoms with Gasteiger partial charge in [0.15, 0.2) is 0 Å². The van der Waals surface area contributed by atoms with Gasteiger partial charge in [-0.3, -0.25) is 14.5 Å². The lowest BCUT2D eigenvalue weighted by molar-refractivity contribution is -0.188. The van der Waals surface area contributed by atoms with Crippen LogP contribution < -0.4 is 10.9 Å². The summed E-state index contributed by atoms with van der Waals surface area (Å²) in [6.45, 7) is 1.79. The largest absolute Gasteiger partial charge is 0.404 e. The van der Waals surface area contributed by atoms with E-state index in [-0.39, 0.29) is 24.9 Å². The van der Waals surface area contributed by atoms with Gasteiger partial charge in [-0.25, -0.2) is 0 Å². The van der Waals surface area contributed by atoms with Crippen LogP contribution in [0.4, 0.5) is 13.2 Å². The van der Waals surface area contributed by atoms with Crippen LogP contribution in [0.3, 0.4) is 0 Å². The first kappa shape index (κ1) is 16.5. The normalized spacial score (nSPS) is 23.3. The standard InChI is InChI=1S/C14H18F3N3O2/c1-8-3-5-10(12(21)18-8)13(22)19-9-4-6-11(14(15,16)17)20(2)7-9/h3,5,9,11H,4,6-7H2,1-2H3,(H,18,21)(H,19,22)/t9-,11+/m1/s1. The third-order valence-corrected chi connectivity index (χ3v) is 3.84. The second kappa shape index (κ2) is 6.12. The van der Waals surface area contributed by atoms with Gasteiger partial charge in [-0.2, -0.15) is 13.2 Å². The molecule has 2 atom stereocenters. The summed E-state index contributed by atoms with van der Waals surface area (Å²) in [5.41, 5.74) is 0.0907. The molecule has 0 unspecified atom stereocenters. The van der Waals surface area contributed by atoms with Gasteiger partial charge in [0.2, 0.25) is 0 Å². The molecule has 1 fully saturated rings. The first-order valence-corrected chi connectivity index (χ1v) is 6.96. The molecular formula is C14H18F3N3O2. The highest BCUT2D eigenvalue weighted by Gasteiger charge is 2.44. The number of halogens is 3. The predicted octanol–water partition coefficient (Wildman–Crippen LogP) is 1.44. The molecule has 0 aromatic carbocycles. The number of pyridine rings is 1. The maximum atomic E-state index is 12.8. The number of rotatable bonds is 2. The lowest BCUT2D eigenvalue weighted by Crippen LogP contribution is -2.55. The summed E-state index contributed by atoms with van der Waals surface area (Å²) in [6.07, 6.45) is -4.11. The van der Waals surface area contributed by atoms with Gasteiger partial charge in [-0.1, -0.05) is 0 Å². The number of aryl methyl sites for hydroxylation is 1. The van der Waals surface area contributed by atoms with Gasteiger partial charge in [0.05, 0.1) is 0 Å². The summed E-state index contributed by atoms with van der Waals surface area (Å²) in [5.74, 6) is -0.565. The summed E-state index contributed by atoms with van der Waals surface area (Å²) in [5, 5.41) is 2.63. The Balaban J connectivity index is 2.01. The quantitative estimate of drug-likeness (QED) is 0.867. The molecule has 0 spiro atoms. The summed E-state index contributed by atoms with van der Waals surface area (Å²) in [6, 6.07) is 1.12. The van der Waals surface area contributed by atoms with Crippen LogP contribution in [-0.2, 0) is 0 Å². The smallest absolute Gasteiger partial charge is 0.348 e. The first-order chi connectivity index (χ1) is 10.2. The minimum atomic E-state index is -4.27. The van der Waals surface area contributed by atoms with Crippen molar-refractivity contribution in [1.29, 1.82) is 0 Å². The fourth-order valence-electron chi connectivity index (χ4n) is 2.69. The Hall–Kier alpha value is -1.83. The van der Waals surface area contributed by atoms with Gasteiger partial charge >= 0.3 is 6.18 Å². The number of alkyl halides is 3. The van der Waals surface area contributed by atoms with Crippen LogP contribution in [0.5, 0.6) is 0 Å². The van der Waals surface area contributed by atoms with E-state index in [1.807, 2.05) is 0 Å². The molecular weight excluding hydrogens is 299 g/mol. The first-order valence-electron chi connectivity index (χ1n) is 6.96. The molecule has 0 saturated carbocycles. The molecule has 0 aliphatic carbocycles. The lowest BCUT2D eigenvalue weighted by atomic mass is 9.98. The number of nitrogens with zero attached hydrogens (tertiary/aromatic N) is 1. The van der Waals surface area contributed by atoms with Gasteiger partial charge < -0.3 is 10.3 Å². The van der Waals surface area contributed by atoms with E-state index in [0.29, 0.717) is 5.69 Å². The van der Waals surface area contributed by atoms with Crippen molar-refractivity contribution in [1.82, 2.24) is 15.2 Å². The molecule has 1 aromatic heterocycles. The Morgan fingerprint density at radius 2 is 2.05 bits per heavy atom. The van der Waals surface area contributed by atoms with E-state index in [1.54, 1.807) is 13.0 Å². The molecule has 1 saturated heterocycles. The number of hydrogen-bond donors (Lipinski definition) is 2. The van der Waals surface area contributed by atoms with E-state index in [4.69, 9.17) is 0 Å². The van der Waals surface area contributed by atoms with Crippen molar-refractivity contribution < 1.29 is 18.0 Å². The van der Waals surface area contributed by atoms with E-state index in [0.717, 1.165) is 0 Å². The van der Waals surface area contributed by atoms with Crippen LogP contribution in [-0.4, -0.2) is 47.6 Å². The number of amides is 1. The average molecular weight is 317 g/mol. The SMILES string of the molecule is Cc1ccc(C(=O)N[C@@H]2CC[C@@H](C(F)(F)F)N(C)C2)c(=O)[nH]1. The third kappa shape index (κ3) is 3.68. The monoisotopic (exact) mass is 317 g/mol. The Bertz CT molecular complexity index is 612. The topological polar surface area (TPSA) is 65.2 Å². The van der Waals surface area contributed by atoms with Gasteiger partial charge in [0.1, 0.15) is 11.6 Å². The van der Waals surface area contributed by atoms with Gasteiger partial charge in [0.25, 0.3) is 11.5 Å². The van der Waals surface area contributed by atoms with Crippen LogP contribution in [0.2, 0.25) is 0 Å². The minimum Gasteiger partial charge on any atom is -0.348 e. The second-order valence-electron chi connectivity index (χ2n) is 5.63. The van der Waals surface area contributed by atoms with Crippen molar-refractivity contribution in [2.75, 3.05) is 13.6 Å². The van der Waals surface area contributed by atoms with Crippen LogP contribution in [0, 0.1) is 6.92 Å². The Labute approximate surface area is 125 Å². The highest BCUT2D eigenvalue weighted by molar-refractivity contribution is 5.94. The zero-order valence-corrected chi connectivity index (χ0v) is 12.3. The van der Waals surface area contributed by atoms with Crippen molar-refractivity contribution >= 4 is 5.91 Å². The third-order valence-electron chi connectivity index (χ3n) is 3.84. The van der Waals surface area contributed by atoms with Gasteiger partial charge in [-0.05, 0) is 38.9 Å². The lowest BCUT2D eigenvalue weighted by Gasteiger charge is -2.38. The zero-order chi connectivity index (χ0) is 16.5. The van der Waals surface area contributed by atoms with Gasteiger partial charge in [-0.15, -0.1) is 0 Å². The molecule has 1 aliphatic rings. The molecule has 2 rings (SSSR count). The number of carbonyl (C=O) groups is 1. The van der Waals surface area contributed by atoms with Crippen LogP contribution in [0.15, 0.2) is 16.9 Å². The van der Waals surface area contributed by atoms with Crippen LogP contribution in [0.1, 0.15) is 28.9 Å². The van der Waals surface area contributed by atoms with E-state index >= 15 is 0 Å². The number of aromatic amines is 1. The second-order valence-corrected chi connectivity index (χ2v) is 5.63. The van der Waals surface area contributed by atoms with Crippen LogP contribution in [0.25, 0.3) is 0 Å². The number of H-pyrrole nitrogens is 1. The average Bonchev–Trinajstić information content (AvgIpc) is 2.36. The predicted molar refractivity (Wildman–Crippen MR) is 74.8 cm³/mol. The fraction of sp³-hybridized carbons (Fsp3) is 0.571. The summed E-state index contributed by atoms with van der Waals surface area (Å²) in [7, 11) is 1.38. The van der Waals surface area contributed by atoms with Gasteiger partial charge in [0, 0.05) is 18.3 Å². The molecule has 0 bridgehead atoms. The van der Waals surface area contributed by atoms with E-state index in [1.165, 1.54) is 18.0 Å². The molecule has 1 aliphatic heterocycles. The van der Waals surface area contributed by atoms with Crippen molar-refractivity contribution in [2.24, 2.45) is 0 Å². The zero-order valence-electron chi connectivity index (χ0n) is 12.3. The number of nitrogens with one attached hydrogen (secondary N) is 2. The maximum absolute atomic E-state index is 12.8. The summed E-state index contributed by atoms with van der Waals surface area (Å²) < 4.78 is 38.3. The van der Waals surface area contributed by atoms with Crippen molar-refractivity contribution in [2.45, 2.75) is 38.0 Å². The molecule has 1 amide bonds. The molecule has 1 aromatic rings. The van der Waals surface area contributed by atoms with Crippen molar-refractivity contribution in [3.8, 4) is 0 Å². The minimum absolute atomic E-state index is 0.0359. The molecule has 0 radical (unpaired) electrons. The highest BCUT2D eigenvalue weighted by atomic mass is 19.4. The molecule has 8 heteroatoms. The fourth-order valence-corrected chi connectivity index (χ4v) is 2.69. The highest BCUT2D eigenvalue weighted by Crippen LogP contribution is 2.30. The van der Waals surface area contributed by atoms with Crippen molar-refractivity contribution in [3.63, 3.8) is 0 Å². The molecule has 2 heterocycles. The molecule has 5 nitrogen and oxygen atoms in total. The number of aromatic nitrogens is 1.